The number of benzene rings is 2. The number of anilines is 1. The minimum absolute atomic E-state index is 0.0434. The lowest BCUT2D eigenvalue weighted by molar-refractivity contribution is -0.0718. The molecule has 3 aromatic heterocycles. The highest BCUT2D eigenvalue weighted by Gasteiger charge is 2.30. The van der Waals surface area contributed by atoms with Crippen LogP contribution in [0.15, 0.2) is 36.7 Å². The van der Waals surface area contributed by atoms with Gasteiger partial charge in [-0.1, -0.05) is 0 Å². The molecule has 1 atom stereocenters. The van der Waals surface area contributed by atoms with E-state index in [-0.39, 0.29) is 6.61 Å². The zero-order chi connectivity index (χ0) is 28.1. The van der Waals surface area contributed by atoms with Crippen LogP contribution in [-0.2, 0) is 4.74 Å². The largest absolute Gasteiger partial charge is 0.480 e. The molecule has 0 fully saturated rings. The van der Waals surface area contributed by atoms with E-state index in [0.29, 0.717) is 23.1 Å². The molecule has 1 aliphatic rings. The predicted molar refractivity (Wildman–Crippen MR) is 153 cm³/mol. The third-order valence-electron chi connectivity index (χ3n) is 6.83. The Bertz CT molecular complexity index is 1800. The number of fused-ring (bicyclic) bond motifs is 4. The number of methoxy groups -OCH3 is 1. The first-order valence-corrected chi connectivity index (χ1v) is 13.5. The summed E-state index contributed by atoms with van der Waals surface area (Å²) in [5, 5.41) is 0.792. The maximum Gasteiger partial charge on any atom is 0.417 e. The second-order valence-electron chi connectivity index (χ2n) is 9.71. The zero-order valence-corrected chi connectivity index (χ0v) is 23.8. The fraction of sp³-hybridized carbons (Fsp3) is 0.276. The molecule has 1 unspecified atom stereocenters. The van der Waals surface area contributed by atoms with Crippen LogP contribution >= 0.6 is 11.3 Å². The topological polar surface area (TPSA) is 109 Å². The second kappa shape index (κ2) is 9.91. The summed E-state index contributed by atoms with van der Waals surface area (Å²) in [5.41, 5.74) is 7.64. The van der Waals surface area contributed by atoms with E-state index in [4.69, 9.17) is 23.9 Å². The van der Waals surface area contributed by atoms with Crippen LogP contribution in [0.25, 0.3) is 31.8 Å². The summed E-state index contributed by atoms with van der Waals surface area (Å²) in [6, 6.07) is 7.77. The number of hydrogen-bond acceptors (Lipinski definition) is 10. The first-order valence-electron chi connectivity index (χ1n) is 12.6. The van der Waals surface area contributed by atoms with E-state index in [9.17, 15) is 4.79 Å². The Labute approximate surface area is 234 Å². The highest BCUT2D eigenvalue weighted by atomic mass is 32.1. The van der Waals surface area contributed by atoms with E-state index in [2.05, 4.69) is 21.0 Å². The summed E-state index contributed by atoms with van der Waals surface area (Å²) >= 11 is 1.49. The van der Waals surface area contributed by atoms with Gasteiger partial charge in [0.1, 0.15) is 9.71 Å². The molecule has 0 bridgehead atoms. The quantitative estimate of drug-likeness (QED) is 0.266. The average molecular weight is 558 g/mol. The lowest BCUT2D eigenvalue weighted by Crippen LogP contribution is -2.38. The number of carbonyl (C=O) groups excluding carboxylic acids is 1. The van der Waals surface area contributed by atoms with Gasteiger partial charge in [0.25, 0.3) is 6.29 Å². The average Bonchev–Trinajstić information content (AvgIpc) is 3.39. The van der Waals surface area contributed by atoms with Gasteiger partial charge in [-0.2, -0.15) is 0 Å². The normalized spacial score (nSPS) is 14.4. The van der Waals surface area contributed by atoms with Crippen molar-refractivity contribution < 1.29 is 23.7 Å². The van der Waals surface area contributed by atoms with Gasteiger partial charge in [0.15, 0.2) is 18.1 Å². The van der Waals surface area contributed by atoms with Crippen molar-refractivity contribution in [3.8, 4) is 28.0 Å². The number of aryl methyl sites for hydroxylation is 4. The van der Waals surface area contributed by atoms with Crippen LogP contribution in [-0.4, -0.2) is 53.1 Å². The molecule has 11 heteroatoms. The first-order chi connectivity index (χ1) is 19.2. The van der Waals surface area contributed by atoms with Crippen LogP contribution in [0.1, 0.15) is 22.4 Å². The van der Waals surface area contributed by atoms with Crippen LogP contribution < -0.4 is 19.1 Å². The number of carbonyl (C=O) groups is 1. The molecular weight excluding hydrogens is 530 g/mol. The van der Waals surface area contributed by atoms with E-state index in [0.717, 1.165) is 54.2 Å². The van der Waals surface area contributed by atoms with Gasteiger partial charge in [0.05, 0.1) is 41.7 Å². The molecule has 0 N–H and O–H groups in total. The van der Waals surface area contributed by atoms with E-state index < -0.39 is 12.4 Å². The number of aromatic nitrogens is 4. The Balaban J connectivity index is 1.29. The van der Waals surface area contributed by atoms with E-state index in [1.807, 2.05) is 45.9 Å². The Morgan fingerprint density at radius 2 is 1.85 bits per heavy atom. The monoisotopic (exact) mass is 557 g/mol. The van der Waals surface area contributed by atoms with Crippen LogP contribution in [0.3, 0.4) is 0 Å². The molecule has 2 aromatic carbocycles. The van der Waals surface area contributed by atoms with Gasteiger partial charge < -0.3 is 18.9 Å². The smallest absolute Gasteiger partial charge is 0.417 e. The van der Waals surface area contributed by atoms with Gasteiger partial charge in [0, 0.05) is 18.3 Å². The molecule has 40 heavy (non-hydrogen) atoms. The molecule has 1 aliphatic heterocycles. The molecule has 204 valence electrons. The van der Waals surface area contributed by atoms with Gasteiger partial charge in [-0.25, -0.2) is 19.7 Å². The summed E-state index contributed by atoms with van der Waals surface area (Å²) < 4.78 is 23.9. The zero-order valence-electron chi connectivity index (χ0n) is 22.9. The van der Waals surface area contributed by atoms with Crippen LogP contribution in [0.4, 0.5) is 10.5 Å². The molecule has 10 nitrogen and oxygen atoms in total. The van der Waals surface area contributed by atoms with E-state index in [1.54, 1.807) is 26.6 Å². The molecule has 0 radical (unpaired) electrons. The molecule has 0 saturated heterocycles. The van der Waals surface area contributed by atoms with Crippen molar-refractivity contribution in [1.29, 1.82) is 0 Å². The Morgan fingerprint density at radius 1 is 1.02 bits per heavy atom. The third kappa shape index (κ3) is 4.51. The van der Waals surface area contributed by atoms with Gasteiger partial charge in [-0.05, 0) is 68.7 Å². The fourth-order valence-corrected chi connectivity index (χ4v) is 5.68. The van der Waals surface area contributed by atoms with Crippen molar-refractivity contribution >= 4 is 44.4 Å². The summed E-state index contributed by atoms with van der Waals surface area (Å²) in [4.78, 5) is 32.7. The molecule has 0 aliphatic carbocycles. The molecule has 0 spiro atoms. The summed E-state index contributed by atoms with van der Waals surface area (Å²) in [6.07, 6.45) is 1.77. The molecule has 4 heterocycles. The summed E-state index contributed by atoms with van der Waals surface area (Å²) in [6.45, 7) is 7.88. The first kappa shape index (κ1) is 25.8. The maximum atomic E-state index is 12.8. The number of pyridine rings is 1. The lowest BCUT2D eigenvalue weighted by Gasteiger charge is -2.28. The Kier molecular flexibility index (Phi) is 6.38. The van der Waals surface area contributed by atoms with Crippen molar-refractivity contribution in [2.45, 2.75) is 34.0 Å². The number of rotatable bonds is 4. The van der Waals surface area contributed by atoms with Crippen molar-refractivity contribution in [2.24, 2.45) is 0 Å². The van der Waals surface area contributed by atoms with E-state index >= 15 is 0 Å². The third-order valence-corrected chi connectivity index (χ3v) is 7.92. The van der Waals surface area contributed by atoms with Gasteiger partial charge in [-0.3, -0.25) is 9.88 Å². The highest BCUT2D eigenvalue weighted by molar-refractivity contribution is 7.22. The Hall–Kier alpha value is -4.51. The fourth-order valence-electron chi connectivity index (χ4n) is 4.53. The number of ether oxygens (including phenoxy) is 4. The molecule has 1 amide bonds. The predicted octanol–water partition coefficient (Wildman–Crippen LogP) is 5.91. The molecule has 6 rings (SSSR count). The SMILES string of the molecule is COc1cnc2c(-c3nc4c(C)cc5c(c4s3)OCC(OC(=O)N(C)c3cnc(C)c(C)c3)O5)cc(C)cc2n1. The summed E-state index contributed by atoms with van der Waals surface area (Å²) in [5.74, 6) is 1.53. The molecule has 5 aromatic rings. The van der Waals surface area contributed by atoms with Crippen molar-refractivity contribution in [2.75, 3.05) is 25.7 Å². The lowest BCUT2D eigenvalue weighted by atomic mass is 10.1. The minimum atomic E-state index is -0.905. The maximum absolute atomic E-state index is 12.8. The van der Waals surface area contributed by atoms with Crippen molar-refractivity contribution in [3.05, 3.63) is 59.0 Å². The highest BCUT2D eigenvalue weighted by Crippen LogP contribution is 2.46. The Morgan fingerprint density at radius 3 is 2.62 bits per heavy atom. The molecular formula is C29H27N5O5S. The van der Waals surface area contributed by atoms with E-state index in [1.165, 1.54) is 16.2 Å². The summed E-state index contributed by atoms with van der Waals surface area (Å²) in [7, 11) is 3.20. The number of hydrogen-bond donors (Lipinski definition) is 0. The van der Waals surface area contributed by atoms with Crippen LogP contribution in [0.2, 0.25) is 0 Å². The number of amides is 1. The van der Waals surface area contributed by atoms with Gasteiger partial charge in [0.2, 0.25) is 5.88 Å². The second-order valence-corrected chi connectivity index (χ2v) is 10.7. The van der Waals surface area contributed by atoms with Gasteiger partial charge >= 0.3 is 6.09 Å². The minimum Gasteiger partial charge on any atom is -0.480 e. The molecule has 0 saturated carbocycles. The van der Waals surface area contributed by atoms with Crippen molar-refractivity contribution in [1.82, 2.24) is 19.9 Å². The van der Waals surface area contributed by atoms with Crippen molar-refractivity contribution in [3.63, 3.8) is 0 Å². The van der Waals surface area contributed by atoms with Crippen LogP contribution in [0.5, 0.6) is 17.4 Å². The van der Waals surface area contributed by atoms with Gasteiger partial charge in [-0.15, -0.1) is 11.3 Å². The number of nitrogens with zero attached hydrogens (tertiary/aromatic N) is 5. The van der Waals surface area contributed by atoms with Crippen LogP contribution in [0, 0.1) is 27.7 Å². The standard InChI is InChI=1S/C29H27N5O5S/c1-14-7-19(25-20(8-14)32-22(36-6)12-31-25)28-33-24-16(3)10-21-26(27(24)40-28)37-13-23(38-21)39-29(35)34(5)18-9-15(2)17(4)30-11-18/h7-12,23H,13H2,1-6H3. The number of thiazole rings is 1.